The highest BCUT2D eigenvalue weighted by Gasteiger charge is 1.89. The Morgan fingerprint density at radius 2 is 2.55 bits per heavy atom. The van der Waals surface area contributed by atoms with Gasteiger partial charge in [0.2, 0.25) is 0 Å². The quantitative estimate of drug-likeness (QED) is 0.613. The van der Waals surface area contributed by atoms with Crippen LogP contribution in [-0.4, -0.2) is 11.6 Å². The van der Waals surface area contributed by atoms with Crippen molar-refractivity contribution in [3.8, 4) is 5.75 Å². The summed E-state index contributed by atoms with van der Waals surface area (Å²) >= 11 is 0. The zero-order chi connectivity index (χ0) is 7.94. The molecule has 0 saturated heterocycles. The maximum atomic E-state index is 5.35. The molecule has 1 rings (SSSR count). The molecule has 0 aliphatic heterocycles. The molecule has 2 heteroatoms. The number of unbranched alkanes of at least 4 members (excludes halogenated alkanes) is 1. The number of nitrogens with zero attached hydrogens (tertiary/aromatic N) is 1. The van der Waals surface area contributed by atoms with Crippen molar-refractivity contribution in [2.75, 3.05) is 6.61 Å². The predicted molar refractivity (Wildman–Crippen MR) is 43.5 cm³/mol. The molecule has 1 heterocycles. The molecule has 59 valence electrons. The van der Waals surface area contributed by atoms with Crippen molar-refractivity contribution in [1.82, 2.24) is 4.98 Å². The molecule has 0 N–H and O–H groups in total. The fourth-order valence-corrected chi connectivity index (χ4v) is 0.719. The summed E-state index contributed by atoms with van der Waals surface area (Å²) in [6.07, 6.45) is 5.57. The Morgan fingerprint density at radius 3 is 3.18 bits per heavy atom. The minimum atomic E-state index is 0.775. The molecule has 0 unspecified atom stereocenters. The molecule has 1 radical (unpaired) electrons. The lowest BCUT2D eigenvalue weighted by molar-refractivity contribution is 0.308. The SMILES string of the molecule is CCCCOc1[c]cncc1. The zero-order valence-electron chi connectivity index (χ0n) is 6.71. The van der Waals surface area contributed by atoms with E-state index in [-0.39, 0.29) is 0 Å². The molecule has 1 aromatic rings. The Labute approximate surface area is 67.2 Å². The van der Waals surface area contributed by atoms with Crippen LogP contribution in [0.4, 0.5) is 0 Å². The van der Waals surface area contributed by atoms with E-state index in [9.17, 15) is 0 Å². The zero-order valence-corrected chi connectivity index (χ0v) is 6.71. The Balaban J connectivity index is 2.28. The van der Waals surface area contributed by atoms with E-state index in [0.717, 1.165) is 25.2 Å². The summed E-state index contributed by atoms with van der Waals surface area (Å²) in [4.78, 5) is 3.84. The van der Waals surface area contributed by atoms with Gasteiger partial charge in [-0.1, -0.05) is 13.3 Å². The van der Waals surface area contributed by atoms with E-state index in [2.05, 4.69) is 18.0 Å². The second-order valence-corrected chi connectivity index (χ2v) is 2.30. The van der Waals surface area contributed by atoms with Crippen LogP contribution in [0.3, 0.4) is 0 Å². The molecule has 0 amide bonds. The molecule has 0 aliphatic rings. The van der Waals surface area contributed by atoms with Crippen LogP contribution in [0.1, 0.15) is 19.8 Å². The van der Waals surface area contributed by atoms with Crippen LogP contribution in [0.15, 0.2) is 18.5 Å². The van der Waals surface area contributed by atoms with Gasteiger partial charge in [-0.2, -0.15) is 0 Å². The van der Waals surface area contributed by atoms with E-state index in [1.165, 1.54) is 0 Å². The Hall–Kier alpha value is -1.05. The monoisotopic (exact) mass is 150 g/mol. The van der Waals surface area contributed by atoms with Crippen LogP contribution in [0.5, 0.6) is 5.75 Å². The minimum Gasteiger partial charge on any atom is -0.493 e. The van der Waals surface area contributed by atoms with Crippen LogP contribution in [0.2, 0.25) is 0 Å². The van der Waals surface area contributed by atoms with E-state index in [0.29, 0.717) is 0 Å². The van der Waals surface area contributed by atoms with E-state index in [1.807, 2.05) is 6.07 Å². The van der Waals surface area contributed by atoms with Gasteiger partial charge in [-0.3, -0.25) is 4.98 Å². The highest BCUT2D eigenvalue weighted by molar-refractivity contribution is 5.14. The first-order valence-corrected chi connectivity index (χ1v) is 3.88. The van der Waals surface area contributed by atoms with E-state index in [4.69, 9.17) is 4.74 Å². The summed E-state index contributed by atoms with van der Waals surface area (Å²) < 4.78 is 5.35. The van der Waals surface area contributed by atoms with Gasteiger partial charge < -0.3 is 4.74 Å². The fraction of sp³-hybridized carbons (Fsp3) is 0.444. The van der Waals surface area contributed by atoms with Gasteiger partial charge in [0.15, 0.2) is 0 Å². The van der Waals surface area contributed by atoms with Crippen molar-refractivity contribution in [3.05, 3.63) is 24.5 Å². The Kier molecular flexibility index (Phi) is 3.45. The molecule has 2 nitrogen and oxygen atoms in total. The van der Waals surface area contributed by atoms with Crippen molar-refractivity contribution >= 4 is 0 Å². The van der Waals surface area contributed by atoms with Crippen LogP contribution in [0, 0.1) is 6.07 Å². The topological polar surface area (TPSA) is 22.1 Å². The van der Waals surface area contributed by atoms with Gasteiger partial charge in [-0.25, -0.2) is 0 Å². The number of pyridine rings is 1. The highest BCUT2D eigenvalue weighted by Crippen LogP contribution is 2.05. The van der Waals surface area contributed by atoms with Crippen molar-refractivity contribution in [3.63, 3.8) is 0 Å². The lowest BCUT2D eigenvalue weighted by Gasteiger charge is -2.02. The van der Waals surface area contributed by atoms with Crippen molar-refractivity contribution in [2.24, 2.45) is 0 Å². The molecule has 0 aliphatic carbocycles. The first-order valence-electron chi connectivity index (χ1n) is 3.88. The van der Waals surface area contributed by atoms with Crippen LogP contribution in [0.25, 0.3) is 0 Å². The second kappa shape index (κ2) is 4.72. The summed E-state index contributed by atoms with van der Waals surface area (Å²) in [5.41, 5.74) is 0. The summed E-state index contributed by atoms with van der Waals surface area (Å²) in [6.45, 7) is 2.91. The number of rotatable bonds is 4. The summed E-state index contributed by atoms with van der Waals surface area (Å²) in [7, 11) is 0. The molecule has 11 heavy (non-hydrogen) atoms. The number of aromatic nitrogens is 1. The van der Waals surface area contributed by atoms with Crippen LogP contribution in [-0.2, 0) is 0 Å². The molecule has 0 spiro atoms. The van der Waals surface area contributed by atoms with Gasteiger partial charge in [-0.15, -0.1) is 0 Å². The number of hydrogen-bond acceptors (Lipinski definition) is 2. The van der Waals surface area contributed by atoms with E-state index >= 15 is 0 Å². The lowest BCUT2D eigenvalue weighted by Crippen LogP contribution is -1.95. The van der Waals surface area contributed by atoms with Gasteiger partial charge in [0.05, 0.1) is 6.61 Å². The number of hydrogen-bond donors (Lipinski definition) is 0. The van der Waals surface area contributed by atoms with Crippen molar-refractivity contribution in [1.29, 1.82) is 0 Å². The summed E-state index contributed by atoms with van der Waals surface area (Å²) in [6, 6.07) is 4.71. The summed E-state index contributed by atoms with van der Waals surface area (Å²) in [5.74, 6) is 0.786. The third kappa shape index (κ3) is 3.03. The Morgan fingerprint density at radius 1 is 1.64 bits per heavy atom. The van der Waals surface area contributed by atoms with Gasteiger partial charge >= 0.3 is 0 Å². The average molecular weight is 150 g/mol. The van der Waals surface area contributed by atoms with Crippen molar-refractivity contribution < 1.29 is 4.74 Å². The fourth-order valence-electron chi connectivity index (χ4n) is 0.719. The molecule has 0 atom stereocenters. The largest absolute Gasteiger partial charge is 0.493 e. The third-order valence-corrected chi connectivity index (χ3v) is 1.35. The van der Waals surface area contributed by atoms with Crippen LogP contribution < -0.4 is 4.74 Å². The normalized spacial score (nSPS) is 9.55. The first-order chi connectivity index (χ1) is 5.43. The molecule has 0 aromatic carbocycles. The number of ether oxygens (including phenoxy) is 1. The first kappa shape index (κ1) is 8.05. The third-order valence-electron chi connectivity index (χ3n) is 1.35. The van der Waals surface area contributed by atoms with Gasteiger partial charge in [0.1, 0.15) is 5.75 Å². The standard InChI is InChI=1S/C9H12NO/c1-2-3-8-11-9-4-6-10-7-5-9/h4,6-7H,2-3,8H2,1H3. The summed E-state index contributed by atoms with van der Waals surface area (Å²) in [5, 5.41) is 0. The molecule has 0 fully saturated rings. The molecule has 0 bridgehead atoms. The van der Waals surface area contributed by atoms with E-state index < -0.39 is 0 Å². The molecular weight excluding hydrogens is 138 g/mol. The lowest BCUT2D eigenvalue weighted by atomic mass is 10.3. The van der Waals surface area contributed by atoms with Gasteiger partial charge in [-0.05, 0) is 12.5 Å². The second-order valence-electron chi connectivity index (χ2n) is 2.30. The maximum absolute atomic E-state index is 5.35. The average Bonchev–Trinajstić information content (AvgIpc) is 2.07. The maximum Gasteiger partial charge on any atom is 0.130 e. The Bertz CT molecular complexity index is 186. The minimum absolute atomic E-state index is 0.775. The van der Waals surface area contributed by atoms with Gasteiger partial charge in [0, 0.05) is 18.5 Å². The van der Waals surface area contributed by atoms with E-state index in [1.54, 1.807) is 12.4 Å². The van der Waals surface area contributed by atoms with Crippen molar-refractivity contribution in [2.45, 2.75) is 19.8 Å². The molecule has 0 saturated carbocycles. The van der Waals surface area contributed by atoms with Gasteiger partial charge in [0.25, 0.3) is 0 Å². The molecular formula is C9H12NO. The smallest absolute Gasteiger partial charge is 0.130 e. The highest BCUT2D eigenvalue weighted by atomic mass is 16.5. The molecule has 1 aromatic heterocycles. The van der Waals surface area contributed by atoms with Crippen LogP contribution >= 0.6 is 0 Å². The predicted octanol–water partition coefficient (Wildman–Crippen LogP) is 2.06.